The first kappa shape index (κ1) is 9.62. The summed E-state index contributed by atoms with van der Waals surface area (Å²) in [7, 11) is 0. The fourth-order valence-electron chi connectivity index (χ4n) is 1.61. The maximum Gasteiger partial charge on any atom is 0.123 e. The Hall–Kier alpha value is -0.930. The van der Waals surface area contributed by atoms with Gasteiger partial charge in [-0.25, -0.2) is 4.39 Å². The highest BCUT2D eigenvalue weighted by Crippen LogP contribution is 2.09. The van der Waals surface area contributed by atoms with Gasteiger partial charge < -0.3 is 10.1 Å². The third-order valence-electron chi connectivity index (χ3n) is 2.39. The first-order valence-electron chi connectivity index (χ1n) is 4.91. The summed E-state index contributed by atoms with van der Waals surface area (Å²) in [6.07, 6.45) is 1.34. The predicted molar refractivity (Wildman–Crippen MR) is 52.5 cm³/mol. The number of nitrogens with one attached hydrogen (secondary N) is 1. The lowest BCUT2D eigenvalue weighted by molar-refractivity contribution is 0.0541. The minimum absolute atomic E-state index is 0.198. The average Bonchev–Trinajstić information content (AvgIpc) is 2.67. The summed E-state index contributed by atoms with van der Waals surface area (Å²) < 4.78 is 18.4. The fourth-order valence-corrected chi connectivity index (χ4v) is 1.61. The van der Waals surface area contributed by atoms with Crippen molar-refractivity contribution in [1.82, 2.24) is 5.32 Å². The lowest BCUT2D eigenvalue weighted by Crippen LogP contribution is -2.16. The van der Waals surface area contributed by atoms with Gasteiger partial charge in [0.1, 0.15) is 5.82 Å². The number of benzene rings is 1. The Balaban J connectivity index is 1.85. The summed E-state index contributed by atoms with van der Waals surface area (Å²) in [5.74, 6) is -0.198. The van der Waals surface area contributed by atoms with Gasteiger partial charge in [0.05, 0.1) is 12.7 Å². The van der Waals surface area contributed by atoms with Crippen LogP contribution < -0.4 is 5.32 Å². The van der Waals surface area contributed by atoms with E-state index in [4.69, 9.17) is 4.74 Å². The molecule has 1 aliphatic heterocycles. The molecule has 2 nitrogen and oxygen atoms in total. The summed E-state index contributed by atoms with van der Waals surface area (Å²) in [5.41, 5.74) is 0.900. The van der Waals surface area contributed by atoms with E-state index in [1.54, 1.807) is 6.07 Å². The van der Waals surface area contributed by atoms with E-state index in [0.717, 1.165) is 25.1 Å². The standard InChI is InChI=1S/C11H14FNO/c12-10-3-1-2-9(6-10)8-14-11-4-5-13-7-11/h1-3,6,11,13H,4-5,7-8H2/t11-/m1/s1. The van der Waals surface area contributed by atoms with Crippen molar-refractivity contribution >= 4 is 0 Å². The topological polar surface area (TPSA) is 21.3 Å². The molecule has 0 radical (unpaired) electrons. The van der Waals surface area contributed by atoms with E-state index in [1.807, 2.05) is 6.07 Å². The molecule has 0 spiro atoms. The van der Waals surface area contributed by atoms with Crippen LogP contribution in [-0.2, 0) is 11.3 Å². The summed E-state index contributed by atoms with van der Waals surface area (Å²) in [6.45, 7) is 2.44. The Kier molecular flexibility index (Phi) is 3.11. The molecule has 1 N–H and O–H groups in total. The number of hydrogen-bond donors (Lipinski definition) is 1. The number of halogens is 1. The third kappa shape index (κ3) is 2.53. The zero-order chi connectivity index (χ0) is 9.80. The van der Waals surface area contributed by atoms with Crippen molar-refractivity contribution in [2.24, 2.45) is 0 Å². The van der Waals surface area contributed by atoms with Crippen molar-refractivity contribution in [3.8, 4) is 0 Å². The minimum atomic E-state index is -0.198. The van der Waals surface area contributed by atoms with E-state index < -0.39 is 0 Å². The van der Waals surface area contributed by atoms with E-state index in [2.05, 4.69) is 5.32 Å². The molecular formula is C11H14FNO. The first-order valence-corrected chi connectivity index (χ1v) is 4.91. The molecule has 3 heteroatoms. The van der Waals surface area contributed by atoms with Crippen LogP contribution in [0.2, 0.25) is 0 Å². The Labute approximate surface area is 83.1 Å². The van der Waals surface area contributed by atoms with Crippen LogP contribution in [0.5, 0.6) is 0 Å². The molecule has 0 unspecified atom stereocenters. The van der Waals surface area contributed by atoms with Crippen LogP contribution in [0.25, 0.3) is 0 Å². The van der Waals surface area contributed by atoms with Crippen molar-refractivity contribution < 1.29 is 9.13 Å². The van der Waals surface area contributed by atoms with Gasteiger partial charge in [-0.3, -0.25) is 0 Å². The van der Waals surface area contributed by atoms with Crippen LogP contribution in [-0.4, -0.2) is 19.2 Å². The zero-order valence-corrected chi connectivity index (χ0v) is 8.00. The highest BCUT2D eigenvalue weighted by molar-refractivity contribution is 5.15. The fraction of sp³-hybridized carbons (Fsp3) is 0.455. The van der Waals surface area contributed by atoms with E-state index in [0.29, 0.717) is 12.7 Å². The first-order chi connectivity index (χ1) is 6.84. The molecule has 76 valence electrons. The maximum atomic E-state index is 12.8. The molecule has 0 saturated carbocycles. The lowest BCUT2D eigenvalue weighted by Gasteiger charge is -2.10. The van der Waals surface area contributed by atoms with E-state index in [-0.39, 0.29) is 5.82 Å². The second kappa shape index (κ2) is 4.53. The van der Waals surface area contributed by atoms with Crippen LogP contribution in [0, 0.1) is 5.82 Å². The second-order valence-electron chi connectivity index (χ2n) is 3.56. The molecule has 1 aliphatic rings. The minimum Gasteiger partial charge on any atom is -0.372 e. The molecule has 0 amide bonds. The lowest BCUT2D eigenvalue weighted by atomic mass is 10.2. The summed E-state index contributed by atoms with van der Waals surface area (Å²) >= 11 is 0. The van der Waals surface area contributed by atoms with E-state index in [9.17, 15) is 4.39 Å². The van der Waals surface area contributed by atoms with Gasteiger partial charge in [-0.05, 0) is 30.7 Å². The van der Waals surface area contributed by atoms with E-state index >= 15 is 0 Å². The average molecular weight is 195 g/mol. The molecule has 1 aromatic rings. The molecule has 2 rings (SSSR count). The molecule has 0 bridgehead atoms. The predicted octanol–water partition coefficient (Wildman–Crippen LogP) is 1.70. The maximum absolute atomic E-state index is 12.8. The van der Waals surface area contributed by atoms with Gasteiger partial charge >= 0.3 is 0 Å². The van der Waals surface area contributed by atoms with Crippen LogP contribution in [0.15, 0.2) is 24.3 Å². The van der Waals surface area contributed by atoms with Gasteiger partial charge in [0.2, 0.25) is 0 Å². The van der Waals surface area contributed by atoms with Crippen molar-refractivity contribution in [2.45, 2.75) is 19.1 Å². The molecular weight excluding hydrogens is 181 g/mol. The largest absolute Gasteiger partial charge is 0.372 e. The van der Waals surface area contributed by atoms with Crippen LogP contribution in [0.3, 0.4) is 0 Å². The van der Waals surface area contributed by atoms with E-state index in [1.165, 1.54) is 12.1 Å². The van der Waals surface area contributed by atoms with Crippen molar-refractivity contribution in [2.75, 3.05) is 13.1 Å². The summed E-state index contributed by atoms with van der Waals surface area (Å²) in [4.78, 5) is 0. The van der Waals surface area contributed by atoms with Crippen molar-refractivity contribution in [3.05, 3.63) is 35.6 Å². The van der Waals surface area contributed by atoms with Crippen molar-refractivity contribution in [1.29, 1.82) is 0 Å². The van der Waals surface area contributed by atoms with Crippen molar-refractivity contribution in [3.63, 3.8) is 0 Å². The molecule has 1 heterocycles. The van der Waals surface area contributed by atoms with Crippen LogP contribution >= 0.6 is 0 Å². The molecule has 1 atom stereocenters. The zero-order valence-electron chi connectivity index (χ0n) is 8.00. The number of hydrogen-bond acceptors (Lipinski definition) is 2. The normalized spacial score (nSPS) is 21.4. The molecule has 1 fully saturated rings. The van der Waals surface area contributed by atoms with Gasteiger partial charge in [-0.15, -0.1) is 0 Å². The monoisotopic (exact) mass is 195 g/mol. The van der Waals surface area contributed by atoms with Gasteiger partial charge in [-0.2, -0.15) is 0 Å². The Morgan fingerprint density at radius 1 is 1.50 bits per heavy atom. The Morgan fingerprint density at radius 2 is 2.43 bits per heavy atom. The number of rotatable bonds is 3. The SMILES string of the molecule is Fc1cccc(CO[C@@H]2CCNC2)c1. The van der Waals surface area contributed by atoms with Gasteiger partial charge in [0.25, 0.3) is 0 Å². The van der Waals surface area contributed by atoms with Gasteiger partial charge in [0.15, 0.2) is 0 Å². The molecule has 14 heavy (non-hydrogen) atoms. The van der Waals surface area contributed by atoms with Crippen LogP contribution in [0.4, 0.5) is 4.39 Å². The smallest absolute Gasteiger partial charge is 0.123 e. The Bertz CT molecular complexity index is 297. The third-order valence-corrected chi connectivity index (χ3v) is 2.39. The molecule has 1 aromatic carbocycles. The van der Waals surface area contributed by atoms with Crippen LogP contribution in [0.1, 0.15) is 12.0 Å². The van der Waals surface area contributed by atoms with Gasteiger partial charge in [0, 0.05) is 6.54 Å². The summed E-state index contributed by atoms with van der Waals surface area (Å²) in [6, 6.07) is 6.55. The highest BCUT2D eigenvalue weighted by Gasteiger charge is 2.14. The number of ether oxygens (including phenoxy) is 1. The molecule has 0 aromatic heterocycles. The highest BCUT2D eigenvalue weighted by atomic mass is 19.1. The second-order valence-corrected chi connectivity index (χ2v) is 3.56. The summed E-state index contributed by atoms with van der Waals surface area (Å²) in [5, 5.41) is 3.22. The van der Waals surface area contributed by atoms with Gasteiger partial charge in [-0.1, -0.05) is 12.1 Å². The molecule has 0 aliphatic carbocycles. The molecule has 1 saturated heterocycles. The quantitative estimate of drug-likeness (QED) is 0.792. The Morgan fingerprint density at radius 3 is 3.14 bits per heavy atom.